The molecule has 12 heavy (non-hydrogen) atoms. The zero-order valence-corrected chi connectivity index (χ0v) is 7.11. The van der Waals surface area contributed by atoms with Gasteiger partial charge >= 0.3 is 0 Å². The Morgan fingerprint density at radius 1 is 1.00 bits per heavy atom. The topological polar surface area (TPSA) is 17.3 Å². The van der Waals surface area contributed by atoms with Crippen molar-refractivity contribution in [3.63, 3.8) is 0 Å². The van der Waals surface area contributed by atoms with Crippen LogP contribution in [0.5, 0.6) is 0 Å². The van der Waals surface area contributed by atoms with Gasteiger partial charge < -0.3 is 0 Å². The van der Waals surface area contributed by atoms with Gasteiger partial charge in [-0.2, -0.15) is 5.43 Å². The molecular formula is C10H13N2. The van der Waals surface area contributed by atoms with Crippen LogP contribution in [-0.2, 0) is 0 Å². The predicted molar refractivity (Wildman–Crippen MR) is 49.0 cm³/mol. The highest BCUT2D eigenvalue weighted by atomic mass is 15.5. The Hall–Kier alpha value is -1.02. The summed E-state index contributed by atoms with van der Waals surface area (Å²) in [7, 11) is 0. The Kier molecular flexibility index (Phi) is 2.28. The predicted octanol–water partition coefficient (Wildman–Crippen LogP) is 1.93. The van der Waals surface area contributed by atoms with Crippen LogP contribution >= 0.6 is 0 Å². The first-order valence-corrected chi connectivity index (χ1v) is 4.47. The van der Waals surface area contributed by atoms with E-state index >= 15 is 0 Å². The summed E-state index contributed by atoms with van der Waals surface area (Å²) in [6, 6.07) is 10.1. The van der Waals surface area contributed by atoms with Crippen LogP contribution < -0.4 is 5.43 Å². The first kappa shape index (κ1) is 7.62. The second-order valence-corrected chi connectivity index (χ2v) is 3.10. The zero-order valence-electron chi connectivity index (χ0n) is 7.11. The summed E-state index contributed by atoms with van der Waals surface area (Å²) in [6.45, 7) is 2.24. The Labute approximate surface area is 73.2 Å². The van der Waals surface area contributed by atoms with Gasteiger partial charge in [0.2, 0.25) is 0 Å². The molecule has 1 fully saturated rings. The van der Waals surface area contributed by atoms with Crippen LogP contribution in [0, 0.1) is 0 Å². The normalized spacial score (nSPS) is 18.0. The summed E-state index contributed by atoms with van der Waals surface area (Å²) in [4.78, 5) is 0. The fourth-order valence-electron chi connectivity index (χ4n) is 1.46. The number of hydrogen-bond donors (Lipinski definition) is 0. The molecule has 0 saturated carbocycles. The second-order valence-electron chi connectivity index (χ2n) is 3.10. The summed E-state index contributed by atoms with van der Waals surface area (Å²) >= 11 is 0. The maximum absolute atomic E-state index is 4.49. The fraction of sp³-hybridized carbons (Fsp3) is 0.400. The van der Waals surface area contributed by atoms with Crippen LogP contribution in [0.25, 0.3) is 0 Å². The van der Waals surface area contributed by atoms with E-state index in [1.807, 2.05) is 30.3 Å². The lowest BCUT2D eigenvalue weighted by molar-refractivity contribution is 0.276. The Balaban J connectivity index is 1.94. The van der Waals surface area contributed by atoms with E-state index in [4.69, 9.17) is 0 Å². The highest BCUT2D eigenvalue weighted by Gasteiger charge is 2.11. The highest BCUT2D eigenvalue weighted by molar-refractivity contribution is 5.33. The molecule has 0 aromatic heterocycles. The zero-order chi connectivity index (χ0) is 8.23. The minimum absolute atomic E-state index is 1.07. The van der Waals surface area contributed by atoms with E-state index in [2.05, 4.69) is 10.4 Å². The third-order valence-corrected chi connectivity index (χ3v) is 2.10. The Morgan fingerprint density at radius 3 is 2.33 bits per heavy atom. The maximum Gasteiger partial charge on any atom is 0.0776 e. The van der Waals surface area contributed by atoms with E-state index in [0.29, 0.717) is 0 Å². The van der Waals surface area contributed by atoms with Crippen molar-refractivity contribution in [2.24, 2.45) is 0 Å². The van der Waals surface area contributed by atoms with Gasteiger partial charge in [-0.15, -0.1) is 0 Å². The third-order valence-electron chi connectivity index (χ3n) is 2.10. The van der Waals surface area contributed by atoms with Crippen LogP contribution in [0.2, 0.25) is 0 Å². The monoisotopic (exact) mass is 161 g/mol. The standard InChI is InChI=1S/C10H13N2/c1-2-6-10(7-3-1)11-12-8-4-5-9-12/h1-3,6-7H,4-5,8-9H2. The lowest BCUT2D eigenvalue weighted by atomic mass is 10.3. The van der Waals surface area contributed by atoms with Crippen molar-refractivity contribution >= 4 is 5.69 Å². The molecule has 63 valence electrons. The van der Waals surface area contributed by atoms with Crippen LogP contribution in [0.1, 0.15) is 12.8 Å². The van der Waals surface area contributed by atoms with E-state index in [0.717, 1.165) is 18.8 Å². The van der Waals surface area contributed by atoms with Crippen molar-refractivity contribution in [1.29, 1.82) is 0 Å². The summed E-state index contributed by atoms with van der Waals surface area (Å²) < 4.78 is 0. The van der Waals surface area contributed by atoms with E-state index in [9.17, 15) is 0 Å². The molecule has 2 heteroatoms. The molecule has 0 amide bonds. The number of nitrogens with zero attached hydrogens (tertiary/aromatic N) is 2. The number of rotatable bonds is 2. The SMILES string of the molecule is c1ccc([N]N2CCCC2)cc1. The van der Waals surface area contributed by atoms with Crippen molar-refractivity contribution in [1.82, 2.24) is 10.4 Å². The molecule has 0 aliphatic carbocycles. The molecule has 0 N–H and O–H groups in total. The minimum Gasteiger partial charge on any atom is -0.200 e. The molecule has 1 aromatic rings. The van der Waals surface area contributed by atoms with Crippen LogP contribution in [-0.4, -0.2) is 18.1 Å². The van der Waals surface area contributed by atoms with Crippen LogP contribution in [0.3, 0.4) is 0 Å². The van der Waals surface area contributed by atoms with Gasteiger partial charge in [0.15, 0.2) is 0 Å². The van der Waals surface area contributed by atoms with Gasteiger partial charge in [0.05, 0.1) is 5.69 Å². The molecule has 0 unspecified atom stereocenters. The summed E-state index contributed by atoms with van der Waals surface area (Å²) in [5, 5.41) is 2.15. The molecule has 1 aliphatic rings. The summed E-state index contributed by atoms with van der Waals surface area (Å²) in [5.41, 5.74) is 5.56. The lowest BCUT2D eigenvalue weighted by Gasteiger charge is -2.13. The lowest BCUT2D eigenvalue weighted by Crippen LogP contribution is -2.24. The molecule has 1 heterocycles. The van der Waals surface area contributed by atoms with Gasteiger partial charge in [-0.05, 0) is 25.0 Å². The van der Waals surface area contributed by atoms with Crippen molar-refractivity contribution in [2.75, 3.05) is 13.1 Å². The summed E-state index contributed by atoms with van der Waals surface area (Å²) in [6.07, 6.45) is 2.58. The van der Waals surface area contributed by atoms with Gasteiger partial charge in [0, 0.05) is 13.1 Å². The van der Waals surface area contributed by atoms with Crippen LogP contribution in [0.15, 0.2) is 30.3 Å². The van der Waals surface area contributed by atoms with Crippen molar-refractivity contribution in [3.05, 3.63) is 30.3 Å². The van der Waals surface area contributed by atoms with E-state index in [1.54, 1.807) is 0 Å². The third kappa shape index (κ3) is 1.77. The summed E-state index contributed by atoms with van der Waals surface area (Å²) in [5.74, 6) is 0. The molecule has 0 bridgehead atoms. The molecule has 1 aromatic carbocycles. The molecule has 0 spiro atoms. The largest absolute Gasteiger partial charge is 0.200 e. The number of benzene rings is 1. The molecule has 1 saturated heterocycles. The van der Waals surface area contributed by atoms with Gasteiger partial charge in [0.25, 0.3) is 0 Å². The maximum atomic E-state index is 4.49. The highest BCUT2D eigenvalue weighted by Crippen LogP contribution is 2.11. The molecule has 1 radical (unpaired) electrons. The van der Waals surface area contributed by atoms with E-state index in [1.165, 1.54) is 12.8 Å². The Morgan fingerprint density at radius 2 is 1.67 bits per heavy atom. The van der Waals surface area contributed by atoms with Gasteiger partial charge in [-0.25, -0.2) is 5.01 Å². The van der Waals surface area contributed by atoms with Gasteiger partial charge in [0.1, 0.15) is 0 Å². The van der Waals surface area contributed by atoms with E-state index < -0.39 is 0 Å². The van der Waals surface area contributed by atoms with E-state index in [-0.39, 0.29) is 0 Å². The molecule has 2 nitrogen and oxygen atoms in total. The molecule has 2 rings (SSSR count). The molecule has 0 atom stereocenters. The quantitative estimate of drug-likeness (QED) is 0.648. The Bertz CT molecular complexity index is 227. The van der Waals surface area contributed by atoms with Gasteiger partial charge in [-0.3, -0.25) is 0 Å². The first-order chi connectivity index (χ1) is 5.95. The van der Waals surface area contributed by atoms with Crippen LogP contribution in [0.4, 0.5) is 5.69 Å². The average Bonchev–Trinajstić information content (AvgIpc) is 2.59. The second kappa shape index (κ2) is 3.59. The van der Waals surface area contributed by atoms with Crippen molar-refractivity contribution in [2.45, 2.75) is 12.8 Å². The minimum atomic E-state index is 1.07. The number of hydrogen-bond acceptors (Lipinski definition) is 1. The molecular weight excluding hydrogens is 148 g/mol. The fourth-order valence-corrected chi connectivity index (χ4v) is 1.46. The average molecular weight is 161 g/mol. The smallest absolute Gasteiger partial charge is 0.0776 e. The van der Waals surface area contributed by atoms with Crippen molar-refractivity contribution < 1.29 is 0 Å². The van der Waals surface area contributed by atoms with Crippen molar-refractivity contribution in [3.8, 4) is 0 Å². The molecule has 1 aliphatic heterocycles. The first-order valence-electron chi connectivity index (χ1n) is 4.47. The van der Waals surface area contributed by atoms with Gasteiger partial charge in [-0.1, -0.05) is 18.2 Å².